The smallest absolute Gasteiger partial charge is 0.257 e. The van der Waals surface area contributed by atoms with Crippen LogP contribution in [0.2, 0.25) is 0 Å². The third kappa shape index (κ3) is 4.28. The van der Waals surface area contributed by atoms with Crippen LogP contribution in [0.3, 0.4) is 0 Å². The molecular formula is C21H23N3O3. The molecule has 3 rings (SSSR count). The summed E-state index contributed by atoms with van der Waals surface area (Å²) in [6, 6.07) is 15.3. The molecule has 0 radical (unpaired) electrons. The van der Waals surface area contributed by atoms with Crippen LogP contribution in [-0.4, -0.2) is 41.8 Å². The van der Waals surface area contributed by atoms with E-state index in [-0.39, 0.29) is 5.91 Å². The van der Waals surface area contributed by atoms with E-state index in [1.807, 2.05) is 55.5 Å². The first-order valence-electron chi connectivity index (χ1n) is 8.77. The van der Waals surface area contributed by atoms with E-state index in [9.17, 15) is 4.79 Å². The second-order valence-electron chi connectivity index (χ2n) is 6.13. The topological polar surface area (TPSA) is 67.5 Å². The SMILES string of the molecule is CCOc1ccc(CN(C)C(=O)c2cn[nH]c2-c2ccc(OC)cc2)cc1. The Morgan fingerprint density at radius 3 is 2.37 bits per heavy atom. The Bertz CT molecular complexity index is 886. The van der Waals surface area contributed by atoms with E-state index in [1.165, 1.54) is 0 Å². The van der Waals surface area contributed by atoms with Crippen molar-refractivity contribution in [2.75, 3.05) is 20.8 Å². The van der Waals surface area contributed by atoms with Gasteiger partial charge >= 0.3 is 0 Å². The first-order chi connectivity index (χ1) is 13.1. The van der Waals surface area contributed by atoms with Gasteiger partial charge in [0.25, 0.3) is 5.91 Å². The Hall–Kier alpha value is -3.28. The largest absolute Gasteiger partial charge is 0.497 e. The van der Waals surface area contributed by atoms with Crippen LogP contribution in [0.15, 0.2) is 54.7 Å². The van der Waals surface area contributed by atoms with Gasteiger partial charge in [-0.2, -0.15) is 5.10 Å². The summed E-state index contributed by atoms with van der Waals surface area (Å²) in [5.41, 5.74) is 3.14. The number of rotatable bonds is 7. The Morgan fingerprint density at radius 1 is 1.07 bits per heavy atom. The number of carbonyl (C=O) groups excluding carboxylic acids is 1. The lowest BCUT2D eigenvalue weighted by atomic mass is 10.1. The molecule has 1 aromatic heterocycles. The van der Waals surface area contributed by atoms with Crippen molar-refractivity contribution in [2.24, 2.45) is 0 Å². The molecule has 0 atom stereocenters. The maximum atomic E-state index is 12.9. The van der Waals surface area contributed by atoms with Crippen LogP contribution in [0.4, 0.5) is 0 Å². The summed E-state index contributed by atoms with van der Waals surface area (Å²) < 4.78 is 10.6. The van der Waals surface area contributed by atoms with Crippen molar-refractivity contribution in [3.8, 4) is 22.8 Å². The second kappa shape index (κ2) is 8.40. The van der Waals surface area contributed by atoms with Gasteiger partial charge < -0.3 is 14.4 Å². The zero-order valence-corrected chi connectivity index (χ0v) is 15.7. The predicted octanol–water partition coefficient (Wildman–Crippen LogP) is 3.76. The highest BCUT2D eigenvalue weighted by atomic mass is 16.5. The maximum absolute atomic E-state index is 12.9. The first kappa shape index (κ1) is 18.5. The molecule has 0 aliphatic rings. The molecule has 1 N–H and O–H groups in total. The average molecular weight is 365 g/mol. The molecule has 2 aromatic carbocycles. The minimum absolute atomic E-state index is 0.0940. The number of hydrogen-bond acceptors (Lipinski definition) is 4. The van der Waals surface area contributed by atoms with Gasteiger partial charge in [0.05, 0.1) is 31.2 Å². The number of ether oxygens (including phenoxy) is 2. The van der Waals surface area contributed by atoms with Crippen LogP contribution in [0, 0.1) is 0 Å². The third-order valence-corrected chi connectivity index (χ3v) is 4.25. The normalized spacial score (nSPS) is 10.5. The molecule has 0 bridgehead atoms. The first-order valence-corrected chi connectivity index (χ1v) is 8.77. The lowest BCUT2D eigenvalue weighted by Crippen LogP contribution is -2.26. The van der Waals surface area contributed by atoms with E-state index in [0.717, 1.165) is 22.6 Å². The fourth-order valence-corrected chi connectivity index (χ4v) is 2.84. The maximum Gasteiger partial charge on any atom is 0.257 e. The van der Waals surface area contributed by atoms with Gasteiger partial charge in [0.1, 0.15) is 11.5 Å². The third-order valence-electron chi connectivity index (χ3n) is 4.25. The van der Waals surface area contributed by atoms with Crippen LogP contribution in [0.25, 0.3) is 11.3 Å². The molecule has 3 aromatic rings. The van der Waals surface area contributed by atoms with Crippen LogP contribution < -0.4 is 9.47 Å². The van der Waals surface area contributed by atoms with Crippen LogP contribution in [-0.2, 0) is 6.54 Å². The van der Waals surface area contributed by atoms with E-state index < -0.39 is 0 Å². The van der Waals surface area contributed by atoms with Crippen LogP contribution >= 0.6 is 0 Å². The number of hydrogen-bond donors (Lipinski definition) is 1. The molecule has 140 valence electrons. The van der Waals surface area contributed by atoms with Crippen molar-refractivity contribution >= 4 is 5.91 Å². The highest BCUT2D eigenvalue weighted by molar-refractivity contribution is 5.99. The molecule has 6 nitrogen and oxygen atoms in total. The highest BCUT2D eigenvalue weighted by Gasteiger charge is 2.19. The summed E-state index contributed by atoms with van der Waals surface area (Å²) in [5, 5.41) is 6.99. The fraction of sp³-hybridized carbons (Fsp3) is 0.238. The van der Waals surface area contributed by atoms with Gasteiger partial charge in [0, 0.05) is 19.2 Å². The van der Waals surface area contributed by atoms with Crippen molar-refractivity contribution in [1.29, 1.82) is 0 Å². The van der Waals surface area contributed by atoms with Gasteiger partial charge in [-0.25, -0.2) is 0 Å². The summed E-state index contributed by atoms with van der Waals surface area (Å²) in [6.07, 6.45) is 1.57. The Balaban J connectivity index is 1.74. The molecule has 0 saturated heterocycles. The summed E-state index contributed by atoms with van der Waals surface area (Å²) >= 11 is 0. The Morgan fingerprint density at radius 2 is 1.74 bits per heavy atom. The number of carbonyl (C=O) groups is 1. The number of H-pyrrole nitrogens is 1. The van der Waals surface area contributed by atoms with E-state index in [0.29, 0.717) is 24.4 Å². The minimum Gasteiger partial charge on any atom is -0.497 e. The van der Waals surface area contributed by atoms with Crippen molar-refractivity contribution in [1.82, 2.24) is 15.1 Å². The molecule has 0 aliphatic heterocycles. The number of nitrogens with one attached hydrogen (secondary N) is 1. The van der Waals surface area contributed by atoms with Crippen molar-refractivity contribution < 1.29 is 14.3 Å². The molecular weight excluding hydrogens is 342 g/mol. The predicted molar refractivity (Wildman–Crippen MR) is 104 cm³/mol. The van der Waals surface area contributed by atoms with Crippen molar-refractivity contribution in [2.45, 2.75) is 13.5 Å². The highest BCUT2D eigenvalue weighted by Crippen LogP contribution is 2.25. The lowest BCUT2D eigenvalue weighted by molar-refractivity contribution is 0.0786. The molecule has 0 fully saturated rings. The molecule has 1 heterocycles. The lowest BCUT2D eigenvalue weighted by Gasteiger charge is -2.17. The number of aromatic nitrogens is 2. The zero-order valence-electron chi connectivity index (χ0n) is 15.7. The molecule has 1 amide bonds. The number of benzene rings is 2. The number of methoxy groups -OCH3 is 1. The number of amides is 1. The van der Waals surface area contributed by atoms with Crippen LogP contribution in [0.1, 0.15) is 22.8 Å². The van der Waals surface area contributed by atoms with Gasteiger partial charge in [-0.3, -0.25) is 9.89 Å². The van der Waals surface area contributed by atoms with E-state index in [1.54, 1.807) is 25.3 Å². The van der Waals surface area contributed by atoms with Gasteiger partial charge in [0.15, 0.2) is 0 Å². The average Bonchev–Trinajstić information content (AvgIpc) is 3.19. The fourth-order valence-electron chi connectivity index (χ4n) is 2.84. The minimum atomic E-state index is -0.0940. The van der Waals surface area contributed by atoms with Gasteiger partial charge in [-0.05, 0) is 48.9 Å². The summed E-state index contributed by atoms with van der Waals surface area (Å²) in [7, 11) is 3.40. The summed E-state index contributed by atoms with van der Waals surface area (Å²) in [6.45, 7) is 3.08. The quantitative estimate of drug-likeness (QED) is 0.692. The van der Waals surface area contributed by atoms with Gasteiger partial charge in [-0.1, -0.05) is 12.1 Å². The summed E-state index contributed by atoms with van der Waals surface area (Å²) in [5.74, 6) is 1.49. The molecule has 0 spiro atoms. The Kier molecular flexibility index (Phi) is 5.76. The molecule has 6 heteroatoms. The van der Waals surface area contributed by atoms with Crippen molar-refractivity contribution in [3.05, 3.63) is 65.9 Å². The Labute approximate surface area is 158 Å². The molecule has 0 saturated carbocycles. The van der Waals surface area contributed by atoms with E-state index >= 15 is 0 Å². The number of aromatic amines is 1. The van der Waals surface area contributed by atoms with Crippen molar-refractivity contribution in [3.63, 3.8) is 0 Å². The van der Waals surface area contributed by atoms with E-state index in [4.69, 9.17) is 9.47 Å². The second-order valence-corrected chi connectivity index (χ2v) is 6.13. The molecule has 0 aliphatic carbocycles. The van der Waals surface area contributed by atoms with E-state index in [2.05, 4.69) is 10.2 Å². The zero-order chi connectivity index (χ0) is 19.2. The molecule has 0 unspecified atom stereocenters. The molecule has 27 heavy (non-hydrogen) atoms. The standard InChI is InChI=1S/C21H23N3O3/c1-4-27-18-9-5-15(6-10-18)14-24(2)21(25)19-13-22-23-20(19)16-7-11-17(26-3)12-8-16/h5-13H,4,14H2,1-3H3,(H,22,23). The van der Waals surface area contributed by atoms with Gasteiger partial charge in [0.2, 0.25) is 0 Å². The van der Waals surface area contributed by atoms with Gasteiger partial charge in [-0.15, -0.1) is 0 Å². The monoisotopic (exact) mass is 365 g/mol. The number of nitrogens with zero attached hydrogens (tertiary/aromatic N) is 2. The summed E-state index contributed by atoms with van der Waals surface area (Å²) in [4.78, 5) is 14.6. The van der Waals surface area contributed by atoms with Crippen LogP contribution in [0.5, 0.6) is 11.5 Å².